The molecule has 1 fully saturated rings. The third-order valence-corrected chi connectivity index (χ3v) is 6.48. The van der Waals surface area contributed by atoms with Gasteiger partial charge in [-0.1, -0.05) is 54.3 Å². The maximum atomic E-state index is 14.3. The van der Waals surface area contributed by atoms with Crippen molar-refractivity contribution in [3.05, 3.63) is 76.6 Å². The number of methoxy groups -OCH3 is 1. The van der Waals surface area contributed by atoms with Gasteiger partial charge in [0.15, 0.2) is 0 Å². The van der Waals surface area contributed by atoms with Gasteiger partial charge in [-0.15, -0.1) is 0 Å². The lowest BCUT2D eigenvalue weighted by Gasteiger charge is -2.13. The third-order valence-electron chi connectivity index (χ3n) is 5.10. The maximum Gasteiger partial charge on any atom is 0.266 e. The summed E-state index contributed by atoms with van der Waals surface area (Å²) in [6.07, 6.45) is 4.34. The van der Waals surface area contributed by atoms with E-state index in [2.05, 4.69) is 0 Å². The van der Waals surface area contributed by atoms with Crippen molar-refractivity contribution < 1.29 is 13.9 Å². The van der Waals surface area contributed by atoms with Gasteiger partial charge < -0.3 is 4.74 Å². The number of halogens is 1. The number of amides is 1. The fraction of sp³-hybridized carbons (Fsp3) is 0.208. The highest BCUT2D eigenvalue weighted by Gasteiger charge is 2.32. The van der Waals surface area contributed by atoms with Gasteiger partial charge in [-0.25, -0.2) is 9.07 Å². The fourth-order valence-corrected chi connectivity index (χ4v) is 4.67. The minimum absolute atomic E-state index is 0.135. The number of rotatable bonds is 7. The molecule has 1 amide bonds. The van der Waals surface area contributed by atoms with Gasteiger partial charge in [-0.2, -0.15) is 5.10 Å². The van der Waals surface area contributed by atoms with E-state index < -0.39 is 0 Å². The number of thiocarbonyl (C=S) groups is 1. The Bertz CT molecular complexity index is 1190. The molecule has 4 rings (SSSR count). The van der Waals surface area contributed by atoms with E-state index in [1.165, 1.54) is 17.8 Å². The molecule has 0 spiro atoms. The molecule has 8 heteroatoms. The van der Waals surface area contributed by atoms with Gasteiger partial charge in [0, 0.05) is 37.6 Å². The number of aryl methyl sites for hydroxylation is 1. The van der Waals surface area contributed by atoms with Crippen molar-refractivity contribution >= 4 is 40.3 Å². The first-order valence-corrected chi connectivity index (χ1v) is 11.4. The second-order valence-corrected chi connectivity index (χ2v) is 9.03. The Morgan fingerprint density at radius 3 is 2.72 bits per heavy atom. The van der Waals surface area contributed by atoms with Gasteiger partial charge >= 0.3 is 0 Å². The van der Waals surface area contributed by atoms with Crippen molar-refractivity contribution in [2.75, 3.05) is 20.3 Å². The van der Waals surface area contributed by atoms with Crippen LogP contribution in [0.4, 0.5) is 4.39 Å². The van der Waals surface area contributed by atoms with E-state index in [9.17, 15) is 9.18 Å². The van der Waals surface area contributed by atoms with Crippen molar-refractivity contribution in [1.29, 1.82) is 0 Å². The standard InChI is InChI=1S/C24H22FN3O2S2/c1-16-9-10-17(13-20(16)25)22-18(15-28(26-22)19-7-4-3-5-8-19)14-21-23(29)27(24(31)32-21)11-6-12-30-2/h3-5,7-10,13-15H,6,11-12H2,1-2H3/b21-14-. The van der Waals surface area contributed by atoms with Gasteiger partial charge in [0.05, 0.1) is 10.6 Å². The van der Waals surface area contributed by atoms with Crippen LogP contribution in [0.25, 0.3) is 23.0 Å². The molecular formula is C24H22FN3O2S2. The summed E-state index contributed by atoms with van der Waals surface area (Å²) in [6.45, 7) is 2.79. The minimum Gasteiger partial charge on any atom is -0.385 e. The molecule has 1 saturated heterocycles. The van der Waals surface area contributed by atoms with Crippen LogP contribution in [0.2, 0.25) is 0 Å². The van der Waals surface area contributed by atoms with Crippen LogP contribution in [0.5, 0.6) is 0 Å². The number of nitrogens with zero attached hydrogens (tertiary/aromatic N) is 3. The molecule has 5 nitrogen and oxygen atoms in total. The van der Waals surface area contributed by atoms with Crippen molar-refractivity contribution in [2.24, 2.45) is 0 Å². The molecule has 0 bridgehead atoms. The molecule has 2 aromatic carbocycles. The molecule has 0 N–H and O–H groups in total. The second kappa shape index (κ2) is 9.77. The number of ether oxygens (including phenoxy) is 1. The highest BCUT2D eigenvalue weighted by atomic mass is 32.2. The summed E-state index contributed by atoms with van der Waals surface area (Å²) in [5.74, 6) is -0.434. The van der Waals surface area contributed by atoms with E-state index in [0.29, 0.717) is 45.6 Å². The largest absolute Gasteiger partial charge is 0.385 e. The molecule has 164 valence electrons. The second-order valence-electron chi connectivity index (χ2n) is 7.36. The summed E-state index contributed by atoms with van der Waals surface area (Å²) in [7, 11) is 1.63. The Morgan fingerprint density at radius 1 is 1.22 bits per heavy atom. The van der Waals surface area contributed by atoms with Crippen LogP contribution in [0.1, 0.15) is 17.5 Å². The summed E-state index contributed by atoms with van der Waals surface area (Å²) in [4.78, 5) is 15.1. The van der Waals surface area contributed by atoms with E-state index >= 15 is 0 Å². The summed E-state index contributed by atoms with van der Waals surface area (Å²) in [5.41, 5.74) is 3.39. The normalized spacial score (nSPS) is 15.2. The van der Waals surface area contributed by atoms with Gasteiger partial charge in [0.2, 0.25) is 0 Å². The Hall–Kier alpha value is -2.81. The molecular weight excluding hydrogens is 445 g/mol. The predicted molar refractivity (Wildman–Crippen MR) is 130 cm³/mol. The number of benzene rings is 2. The zero-order valence-corrected chi connectivity index (χ0v) is 19.4. The summed E-state index contributed by atoms with van der Waals surface area (Å²) in [5, 5.41) is 4.71. The molecule has 2 heterocycles. The fourth-order valence-electron chi connectivity index (χ4n) is 3.37. The van der Waals surface area contributed by atoms with Gasteiger partial charge in [0.1, 0.15) is 15.8 Å². The van der Waals surface area contributed by atoms with Crippen molar-refractivity contribution in [3.8, 4) is 16.9 Å². The van der Waals surface area contributed by atoms with E-state index in [1.807, 2.05) is 42.6 Å². The summed E-state index contributed by atoms with van der Waals surface area (Å²) < 4.78 is 21.6. The Labute approximate surface area is 195 Å². The topological polar surface area (TPSA) is 47.4 Å². The van der Waals surface area contributed by atoms with Crippen LogP contribution in [0, 0.1) is 12.7 Å². The van der Waals surface area contributed by atoms with Crippen LogP contribution in [-0.4, -0.2) is 45.2 Å². The Kier molecular flexibility index (Phi) is 6.83. The zero-order valence-electron chi connectivity index (χ0n) is 17.7. The predicted octanol–water partition coefficient (Wildman–Crippen LogP) is 5.22. The molecule has 0 saturated carbocycles. The first-order valence-electron chi connectivity index (χ1n) is 10.1. The van der Waals surface area contributed by atoms with E-state index in [1.54, 1.807) is 35.8 Å². The van der Waals surface area contributed by atoms with Crippen LogP contribution in [-0.2, 0) is 9.53 Å². The highest BCUT2D eigenvalue weighted by Crippen LogP contribution is 2.35. The first kappa shape index (κ1) is 22.4. The average molecular weight is 468 g/mol. The SMILES string of the molecule is COCCCN1C(=O)/C(=C/c2cn(-c3ccccc3)nc2-c2ccc(C)c(F)c2)SC1=S. The summed E-state index contributed by atoms with van der Waals surface area (Å²) in [6, 6.07) is 14.7. The van der Waals surface area contributed by atoms with Crippen molar-refractivity contribution in [1.82, 2.24) is 14.7 Å². The number of carbonyl (C=O) groups is 1. The number of aromatic nitrogens is 2. The Balaban J connectivity index is 1.74. The highest BCUT2D eigenvalue weighted by molar-refractivity contribution is 8.26. The number of carbonyl (C=O) groups excluding carboxylic acids is 1. The van der Waals surface area contributed by atoms with Crippen LogP contribution in [0.15, 0.2) is 59.6 Å². The number of hydrogen-bond acceptors (Lipinski definition) is 5. The molecule has 0 radical (unpaired) electrons. The molecule has 1 aliphatic heterocycles. The van der Waals surface area contributed by atoms with Crippen LogP contribution < -0.4 is 0 Å². The van der Waals surface area contributed by atoms with Gasteiger partial charge in [-0.05, 0) is 43.2 Å². The Morgan fingerprint density at radius 2 is 2.00 bits per heavy atom. The average Bonchev–Trinajstić information content (AvgIpc) is 3.33. The number of thioether (sulfide) groups is 1. The lowest BCUT2D eigenvalue weighted by molar-refractivity contribution is -0.122. The molecule has 32 heavy (non-hydrogen) atoms. The molecule has 1 aliphatic rings. The first-order chi connectivity index (χ1) is 15.5. The summed E-state index contributed by atoms with van der Waals surface area (Å²) >= 11 is 6.68. The maximum absolute atomic E-state index is 14.3. The number of hydrogen-bond donors (Lipinski definition) is 0. The molecule has 3 aromatic rings. The molecule has 0 atom stereocenters. The zero-order chi connectivity index (χ0) is 22.7. The van der Waals surface area contributed by atoms with Crippen LogP contribution in [0.3, 0.4) is 0 Å². The lowest BCUT2D eigenvalue weighted by atomic mass is 10.1. The third kappa shape index (κ3) is 4.67. The molecule has 0 unspecified atom stereocenters. The number of para-hydroxylation sites is 1. The quantitative estimate of drug-likeness (QED) is 0.271. The van der Waals surface area contributed by atoms with Gasteiger partial charge in [-0.3, -0.25) is 9.69 Å². The smallest absolute Gasteiger partial charge is 0.266 e. The van der Waals surface area contributed by atoms with E-state index in [0.717, 1.165) is 11.3 Å². The van der Waals surface area contributed by atoms with Crippen molar-refractivity contribution in [2.45, 2.75) is 13.3 Å². The monoisotopic (exact) mass is 467 g/mol. The van der Waals surface area contributed by atoms with E-state index in [4.69, 9.17) is 22.1 Å². The van der Waals surface area contributed by atoms with Gasteiger partial charge in [0.25, 0.3) is 5.91 Å². The lowest BCUT2D eigenvalue weighted by Crippen LogP contribution is -2.29. The van der Waals surface area contributed by atoms with Crippen molar-refractivity contribution in [3.63, 3.8) is 0 Å². The minimum atomic E-state index is -0.299. The van der Waals surface area contributed by atoms with E-state index in [-0.39, 0.29) is 11.7 Å². The molecule has 1 aromatic heterocycles. The molecule has 0 aliphatic carbocycles. The van der Waals surface area contributed by atoms with Crippen LogP contribution >= 0.6 is 24.0 Å².